The molecule has 0 saturated carbocycles. The summed E-state index contributed by atoms with van der Waals surface area (Å²) >= 11 is 0. The number of carbonyl (C=O) groups is 2. The van der Waals surface area contributed by atoms with Gasteiger partial charge >= 0.3 is 5.97 Å². The van der Waals surface area contributed by atoms with Gasteiger partial charge in [0.2, 0.25) is 5.91 Å². The van der Waals surface area contributed by atoms with E-state index in [1.807, 2.05) is 56.3 Å². The number of phenols is 1. The molecule has 2 N–H and O–H groups in total. The van der Waals surface area contributed by atoms with Gasteiger partial charge in [0.1, 0.15) is 11.8 Å². The summed E-state index contributed by atoms with van der Waals surface area (Å²) in [6, 6.07) is 16.0. The van der Waals surface area contributed by atoms with Gasteiger partial charge in [-0.15, -0.1) is 0 Å². The van der Waals surface area contributed by atoms with Gasteiger partial charge in [0.05, 0.1) is 7.11 Å². The lowest BCUT2D eigenvalue weighted by Gasteiger charge is -2.23. The van der Waals surface area contributed by atoms with Gasteiger partial charge in [0.25, 0.3) is 0 Å². The van der Waals surface area contributed by atoms with Crippen molar-refractivity contribution in [3.8, 4) is 5.75 Å². The maximum Gasteiger partial charge on any atom is 0.328 e. The SMILES string of the molecule is COC(=O)[C@H](CC(C)C)NC(=O)[C@@H](Cc1ccccc1)Cc1ccc(O)cc1. The smallest absolute Gasteiger partial charge is 0.328 e. The lowest BCUT2D eigenvalue weighted by molar-refractivity contribution is -0.146. The zero-order chi connectivity index (χ0) is 20.5. The third-order valence-electron chi connectivity index (χ3n) is 4.62. The van der Waals surface area contributed by atoms with Gasteiger partial charge in [-0.05, 0) is 48.4 Å². The zero-order valence-corrected chi connectivity index (χ0v) is 16.7. The minimum atomic E-state index is -0.657. The van der Waals surface area contributed by atoms with Crippen LogP contribution in [-0.2, 0) is 27.2 Å². The number of esters is 1. The quantitative estimate of drug-likeness (QED) is 0.650. The molecule has 0 spiro atoms. The van der Waals surface area contributed by atoms with E-state index in [1.165, 1.54) is 7.11 Å². The van der Waals surface area contributed by atoms with Crippen molar-refractivity contribution in [3.05, 3.63) is 65.7 Å². The third-order valence-corrected chi connectivity index (χ3v) is 4.62. The van der Waals surface area contributed by atoms with Crippen LogP contribution in [0.5, 0.6) is 5.75 Å². The molecule has 1 amide bonds. The Morgan fingerprint density at radius 3 is 2.07 bits per heavy atom. The number of nitrogens with one attached hydrogen (secondary N) is 1. The Kier molecular flexibility index (Phi) is 8.05. The monoisotopic (exact) mass is 383 g/mol. The summed E-state index contributed by atoms with van der Waals surface area (Å²) < 4.78 is 4.86. The minimum Gasteiger partial charge on any atom is -0.508 e. The summed E-state index contributed by atoms with van der Waals surface area (Å²) in [6.45, 7) is 4.00. The number of methoxy groups -OCH3 is 1. The standard InChI is InChI=1S/C23H29NO4/c1-16(2)13-21(23(27)28-3)24-22(26)19(14-17-7-5-4-6-8-17)15-18-9-11-20(25)12-10-18/h4-12,16,19,21,25H,13-15H2,1-3H3,(H,24,26)/t19-,21-/m0/s1. The number of phenolic OH excluding ortho intramolecular Hbond substituents is 1. The number of hydrogen-bond acceptors (Lipinski definition) is 4. The molecule has 150 valence electrons. The minimum absolute atomic E-state index is 0.173. The van der Waals surface area contributed by atoms with Crippen LogP contribution in [0.15, 0.2) is 54.6 Å². The summed E-state index contributed by atoms with van der Waals surface area (Å²) in [6.07, 6.45) is 1.59. The molecule has 0 aliphatic rings. The molecular weight excluding hydrogens is 354 g/mol. The first-order chi connectivity index (χ1) is 13.4. The summed E-state index contributed by atoms with van der Waals surface area (Å²) in [7, 11) is 1.33. The third kappa shape index (κ3) is 6.72. The van der Waals surface area contributed by atoms with Gasteiger partial charge in [-0.3, -0.25) is 4.79 Å². The number of hydrogen-bond donors (Lipinski definition) is 2. The van der Waals surface area contributed by atoms with E-state index in [0.717, 1.165) is 11.1 Å². The van der Waals surface area contributed by atoms with Gasteiger partial charge in [-0.25, -0.2) is 4.79 Å². The highest BCUT2D eigenvalue weighted by molar-refractivity contribution is 5.86. The van der Waals surface area contributed by atoms with Crippen LogP contribution in [0.1, 0.15) is 31.4 Å². The molecule has 0 unspecified atom stereocenters. The van der Waals surface area contributed by atoms with E-state index in [2.05, 4.69) is 5.32 Å². The highest BCUT2D eigenvalue weighted by atomic mass is 16.5. The van der Waals surface area contributed by atoms with Crippen LogP contribution < -0.4 is 5.32 Å². The van der Waals surface area contributed by atoms with E-state index in [9.17, 15) is 14.7 Å². The van der Waals surface area contributed by atoms with E-state index >= 15 is 0 Å². The Labute approximate surface area is 166 Å². The molecule has 0 radical (unpaired) electrons. The number of benzene rings is 2. The second-order valence-corrected chi connectivity index (χ2v) is 7.47. The Morgan fingerprint density at radius 1 is 0.964 bits per heavy atom. The molecule has 0 aromatic heterocycles. The van der Waals surface area contributed by atoms with Crippen molar-refractivity contribution in [1.29, 1.82) is 0 Å². The molecule has 0 fully saturated rings. The van der Waals surface area contributed by atoms with Crippen molar-refractivity contribution >= 4 is 11.9 Å². The Hall–Kier alpha value is -2.82. The first kappa shape index (κ1) is 21.5. The van der Waals surface area contributed by atoms with E-state index in [1.54, 1.807) is 12.1 Å². The van der Waals surface area contributed by atoms with Gasteiger partial charge in [-0.1, -0.05) is 56.3 Å². The summed E-state index contributed by atoms with van der Waals surface area (Å²) in [4.78, 5) is 25.2. The van der Waals surface area contributed by atoms with Crippen LogP contribution in [0, 0.1) is 11.8 Å². The molecule has 2 aromatic carbocycles. The fraction of sp³-hybridized carbons (Fsp3) is 0.391. The average molecular weight is 383 g/mol. The van der Waals surface area contributed by atoms with Crippen molar-refractivity contribution < 1.29 is 19.4 Å². The molecule has 2 aromatic rings. The summed E-state index contributed by atoms with van der Waals surface area (Å²) in [5, 5.41) is 12.4. The van der Waals surface area contributed by atoms with Crippen molar-refractivity contribution in [1.82, 2.24) is 5.32 Å². The zero-order valence-electron chi connectivity index (χ0n) is 16.7. The normalized spacial score (nSPS) is 13.0. The predicted octanol–water partition coefficient (Wildman–Crippen LogP) is 3.50. The van der Waals surface area contributed by atoms with Gasteiger partial charge in [0.15, 0.2) is 0 Å². The Morgan fingerprint density at radius 2 is 1.54 bits per heavy atom. The summed E-state index contributed by atoms with van der Waals surface area (Å²) in [5.74, 6) is -0.506. The van der Waals surface area contributed by atoms with Crippen molar-refractivity contribution in [2.75, 3.05) is 7.11 Å². The molecule has 0 aliphatic heterocycles. The summed E-state index contributed by atoms with van der Waals surface area (Å²) in [5.41, 5.74) is 2.01. The first-order valence-corrected chi connectivity index (χ1v) is 9.59. The molecule has 0 aliphatic carbocycles. The van der Waals surface area contributed by atoms with Gasteiger partial charge in [-0.2, -0.15) is 0 Å². The van der Waals surface area contributed by atoms with Crippen LogP contribution in [0.25, 0.3) is 0 Å². The van der Waals surface area contributed by atoms with Crippen LogP contribution >= 0.6 is 0 Å². The molecule has 0 saturated heterocycles. The molecular formula is C23H29NO4. The number of rotatable bonds is 9. The van der Waals surface area contributed by atoms with Crippen LogP contribution in [0.3, 0.4) is 0 Å². The van der Waals surface area contributed by atoms with Crippen molar-refractivity contribution in [2.24, 2.45) is 11.8 Å². The fourth-order valence-electron chi connectivity index (χ4n) is 3.19. The average Bonchev–Trinajstić information content (AvgIpc) is 2.68. The number of carbonyl (C=O) groups excluding carboxylic acids is 2. The second kappa shape index (κ2) is 10.5. The lowest BCUT2D eigenvalue weighted by Crippen LogP contribution is -2.45. The highest BCUT2D eigenvalue weighted by Crippen LogP contribution is 2.18. The van der Waals surface area contributed by atoms with Crippen LogP contribution in [0.4, 0.5) is 0 Å². The predicted molar refractivity (Wildman–Crippen MR) is 109 cm³/mol. The van der Waals surface area contributed by atoms with E-state index in [-0.39, 0.29) is 23.5 Å². The topological polar surface area (TPSA) is 75.6 Å². The molecule has 0 bridgehead atoms. The number of amides is 1. The van der Waals surface area contributed by atoms with E-state index < -0.39 is 12.0 Å². The second-order valence-electron chi connectivity index (χ2n) is 7.47. The molecule has 28 heavy (non-hydrogen) atoms. The van der Waals surface area contributed by atoms with E-state index in [4.69, 9.17) is 4.74 Å². The Bertz CT molecular complexity index is 756. The number of ether oxygens (including phenoxy) is 1. The van der Waals surface area contributed by atoms with Gasteiger partial charge in [0, 0.05) is 5.92 Å². The molecule has 2 rings (SSSR count). The van der Waals surface area contributed by atoms with Crippen molar-refractivity contribution in [3.63, 3.8) is 0 Å². The van der Waals surface area contributed by atoms with Crippen LogP contribution in [0.2, 0.25) is 0 Å². The van der Waals surface area contributed by atoms with Crippen molar-refractivity contribution in [2.45, 2.75) is 39.2 Å². The molecule has 2 atom stereocenters. The van der Waals surface area contributed by atoms with Gasteiger partial charge < -0.3 is 15.2 Å². The fourth-order valence-corrected chi connectivity index (χ4v) is 3.19. The first-order valence-electron chi connectivity index (χ1n) is 9.59. The maximum absolute atomic E-state index is 13.1. The molecule has 5 nitrogen and oxygen atoms in total. The number of aromatic hydroxyl groups is 1. The highest BCUT2D eigenvalue weighted by Gasteiger charge is 2.27. The van der Waals surface area contributed by atoms with Crippen LogP contribution in [-0.4, -0.2) is 30.1 Å². The van der Waals surface area contributed by atoms with E-state index in [0.29, 0.717) is 19.3 Å². The Balaban J connectivity index is 2.19. The largest absolute Gasteiger partial charge is 0.508 e. The maximum atomic E-state index is 13.1. The molecule has 0 heterocycles. The lowest BCUT2D eigenvalue weighted by atomic mass is 9.91. The molecule has 5 heteroatoms.